The highest BCUT2D eigenvalue weighted by Gasteiger charge is 1.78. The van der Waals surface area contributed by atoms with E-state index in [-0.39, 0.29) is 0 Å². The van der Waals surface area contributed by atoms with Crippen LogP contribution in [0.15, 0.2) is 35.2 Å². The topological polar surface area (TPSA) is 0 Å². The summed E-state index contributed by atoms with van der Waals surface area (Å²) in [7, 11) is 0. The second kappa shape index (κ2) is 3.23. The number of rotatable bonds is 0. The average Bonchev–Trinajstić information content (AvgIpc) is 1.91. The minimum absolute atomic E-state index is 0.875. The van der Waals surface area contributed by atoms with E-state index in [4.69, 9.17) is 0 Å². The maximum Gasteiger partial charge on any atom is 0.124 e. The summed E-state index contributed by atoms with van der Waals surface area (Å²) in [5.41, 5.74) is 1.50. The molecule has 0 aliphatic carbocycles. The minimum Gasteiger partial charge on any atom is -0.141 e. The summed E-state index contributed by atoms with van der Waals surface area (Å²) in [5.74, 6) is 0. The number of benzene rings is 1. The highest BCUT2D eigenvalue weighted by Crippen LogP contribution is 2.05. The first-order valence-corrected chi connectivity index (χ1v) is 3.32. The maximum absolute atomic E-state index is 11.4. The van der Waals surface area contributed by atoms with Crippen molar-refractivity contribution in [1.82, 2.24) is 0 Å². The fraction of sp³-hybridized carbons (Fsp3) is 0. The van der Waals surface area contributed by atoms with Gasteiger partial charge in [-0.2, -0.15) is 0 Å². The second-order valence-corrected chi connectivity index (χ2v) is 2.32. The third-order valence-electron chi connectivity index (χ3n) is 0.900. The van der Waals surface area contributed by atoms with E-state index in [0.29, 0.717) is 0 Å². The fourth-order valence-corrected chi connectivity index (χ4v) is 0.915. The van der Waals surface area contributed by atoms with Gasteiger partial charge >= 0.3 is 0 Å². The van der Waals surface area contributed by atoms with Gasteiger partial charge in [0.15, 0.2) is 0 Å². The van der Waals surface area contributed by atoms with Gasteiger partial charge in [0.25, 0.3) is 0 Å². The molecule has 0 aliphatic heterocycles. The Hall–Kier alpha value is -0.850. The molecule has 46 valence electrons. The Kier molecular flexibility index (Phi) is 2.25. The summed E-state index contributed by atoms with van der Waals surface area (Å²) in [4.78, 5) is 0.875. The molecule has 0 heterocycles. The zero-order valence-electron chi connectivity index (χ0n) is 4.67. The van der Waals surface area contributed by atoms with E-state index < -0.39 is 0 Å². The first-order chi connectivity index (χ1) is 4.43. The maximum atomic E-state index is 11.4. The zero-order valence-corrected chi connectivity index (χ0v) is 5.49. The summed E-state index contributed by atoms with van der Waals surface area (Å²) in [6, 6.07) is 9.27. The van der Waals surface area contributed by atoms with Crippen molar-refractivity contribution in [2.24, 2.45) is 0 Å². The SMILES string of the molecule is FC#Sc1ccccc1. The smallest absolute Gasteiger partial charge is 0.124 e. The van der Waals surface area contributed by atoms with E-state index in [1.807, 2.05) is 30.3 Å². The summed E-state index contributed by atoms with van der Waals surface area (Å²) in [6.07, 6.45) is 0. The number of hydrogen-bond acceptors (Lipinski definition) is 0. The van der Waals surface area contributed by atoms with E-state index in [1.54, 1.807) is 0 Å². The lowest BCUT2D eigenvalue weighted by Crippen LogP contribution is -1.58. The van der Waals surface area contributed by atoms with Crippen molar-refractivity contribution in [3.63, 3.8) is 0 Å². The van der Waals surface area contributed by atoms with Crippen LogP contribution in [0.3, 0.4) is 0 Å². The van der Waals surface area contributed by atoms with Crippen molar-refractivity contribution in [3.05, 3.63) is 30.3 Å². The van der Waals surface area contributed by atoms with Gasteiger partial charge in [-0.1, -0.05) is 29.4 Å². The molecule has 9 heavy (non-hydrogen) atoms. The highest BCUT2D eigenvalue weighted by atomic mass is 32.1. The van der Waals surface area contributed by atoms with Crippen LogP contribution >= 0.6 is 11.2 Å². The molecular weight excluding hydrogens is 135 g/mol. The molecule has 0 spiro atoms. The highest BCUT2D eigenvalue weighted by molar-refractivity contribution is 7.88. The predicted octanol–water partition coefficient (Wildman–Crippen LogP) is 2.66. The monoisotopic (exact) mass is 140 g/mol. The van der Waals surface area contributed by atoms with E-state index in [1.165, 1.54) is 5.44 Å². The summed E-state index contributed by atoms with van der Waals surface area (Å²) < 4.78 is 11.4. The van der Waals surface area contributed by atoms with Crippen LogP contribution in [0.4, 0.5) is 4.39 Å². The van der Waals surface area contributed by atoms with Crippen molar-refractivity contribution in [2.45, 2.75) is 4.90 Å². The Bertz CT molecular complexity index is 232. The lowest BCUT2D eigenvalue weighted by atomic mass is 10.4. The lowest BCUT2D eigenvalue weighted by Gasteiger charge is -1.82. The standard InChI is InChI=1S/C7H5FS/c8-6-9-7-4-2-1-3-5-7/h1-5H. The molecular formula is C7H5FS. The van der Waals surface area contributed by atoms with Crippen LogP contribution in [0.1, 0.15) is 0 Å². The van der Waals surface area contributed by atoms with Gasteiger partial charge < -0.3 is 0 Å². The van der Waals surface area contributed by atoms with Crippen LogP contribution in [0, 0.1) is 5.44 Å². The van der Waals surface area contributed by atoms with Crippen molar-refractivity contribution in [3.8, 4) is 5.44 Å². The first-order valence-electron chi connectivity index (χ1n) is 2.51. The van der Waals surface area contributed by atoms with Crippen LogP contribution in [0.5, 0.6) is 0 Å². The summed E-state index contributed by atoms with van der Waals surface area (Å²) in [6.45, 7) is 0. The van der Waals surface area contributed by atoms with E-state index in [9.17, 15) is 4.39 Å². The van der Waals surface area contributed by atoms with Gasteiger partial charge in [0.2, 0.25) is 0 Å². The predicted molar refractivity (Wildman–Crippen MR) is 37.3 cm³/mol. The molecule has 1 rings (SSSR count). The van der Waals surface area contributed by atoms with Crippen LogP contribution in [-0.2, 0) is 0 Å². The molecule has 0 N–H and O–H groups in total. The molecule has 0 amide bonds. The Balaban J connectivity index is 2.94. The average molecular weight is 140 g/mol. The largest absolute Gasteiger partial charge is 0.141 e. The van der Waals surface area contributed by atoms with Crippen LogP contribution in [0.2, 0.25) is 0 Å². The van der Waals surface area contributed by atoms with E-state index in [0.717, 1.165) is 16.1 Å². The zero-order chi connectivity index (χ0) is 6.53. The van der Waals surface area contributed by atoms with Crippen molar-refractivity contribution in [2.75, 3.05) is 0 Å². The molecule has 0 unspecified atom stereocenters. The molecule has 0 saturated heterocycles. The molecule has 0 aliphatic rings. The minimum atomic E-state index is 0.875. The molecule has 0 saturated carbocycles. The molecule has 0 bridgehead atoms. The second-order valence-electron chi connectivity index (χ2n) is 1.49. The van der Waals surface area contributed by atoms with Gasteiger partial charge in [0.1, 0.15) is 5.44 Å². The first kappa shape index (κ1) is 6.27. The summed E-state index contributed by atoms with van der Waals surface area (Å²) >= 11 is 0.959. The van der Waals surface area contributed by atoms with Crippen molar-refractivity contribution >= 4 is 11.2 Å². The van der Waals surface area contributed by atoms with Gasteiger partial charge in [-0.3, -0.25) is 0 Å². The number of hydrogen-bond donors (Lipinski definition) is 0. The molecule has 0 nitrogen and oxygen atoms in total. The van der Waals surface area contributed by atoms with Crippen molar-refractivity contribution in [1.29, 1.82) is 0 Å². The van der Waals surface area contributed by atoms with Crippen molar-refractivity contribution < 1.29 is 4.39 Å². The fourth-order valence-electron chi connectivity index (χ4n) is 0.533. The van der Waals surface area contributed by atoms with Gasteiger partial charge in [-0.15, -0.1) is 4.39 Å². The van der Waals surface area contributed by atoms with E-state index in [2.05, 4.69) is 0 Å². The third-order valence-corrected chi connectivity index (χ3v) is 1.48. The molecule has 0 fully saturated rings. The molecule has 1 aromatic rings. The lowest BCUT2D eigenvalue weighted by molar-refractivity contribution is 0.780. The molecule has 1 aromatic carbocycles. The van der Waals surface area contributed by atoms with E-state index >= 15 is 0 Å². The Morgan fingerprint density at radius 1 is 1.22 bits per heavy atom. The number of halogens is 1. The van der Waals surface area contributed by atoms with Crippen LogP contribution in [0.25, 0.3) is 0 Å². The quantitative estimate of drug-likeness (QED) is 0.519. The van der Waals surface area contributed by atoms with Gasteiger partial charge in [-0.25, -0.2) is 0 Å². The summed E-state index contributed by atoms with van der Waals surface area (Å²) in [5, 5.41) is 0. The Labute approximate surface area is 56.9 Å². The third kappa shape index (κ3) is 1.84. The van der Waals surface area contributed by atoms with Gasteiger partial charge in [0.05, 0.1) is 0 Å². The molecule has 0 atom stereocenters. The normalized spacial score (nSPS) is 8.11. The van der Waals surface area contributed by atoms with Crippen LogP contribution in [-0.4, -0.2) is 0 Å². The van der Waals surface area contributed by atoms with Gasteiger partial charge in [-0.05, 0) is 12.1 Å². The molecule has 2 heteroatoms. The Morgan fingerprint density at radius 2 is 1.89 bits per heavy atom. The molecule has 0 radical (unpaired) electrons. The van der Waals surface area contributed by atoms with Gasteiger partial charge in [0, 0.05) is 4.90 Å². The van der Waals surface area contributed by atoms with Crippen LogP contribution < -0.4 is 0 Å². The molecule has 0 aromatic heterocycles. The Morgan fingerprint density at radius 3 is 2.44 bits per heavy atom.